The Bertz CT molecular complexity index is 377. The van der Waals surface area contributed by atoms with Gasteiger partial charge in [0.2, 0.25) is 0 Å². The number of thioether (sulfide) groups is 1. The zero-order valence-corrected chi connectivity index (χ0v) is 9.02. The summed E-state index contributed by atoms with van der Waals surface area (Å²) < 4.78 is 25.7. The molecule has 4 nitrogen and oxygen atoms in total. The Morgan fingerprint density at radius 3 is 2.88 bits per heavy atom. The van der Waals surface area contributed by atoms with Gasteiger partial charge in [-0.05, 0) is 12.1 Å². The lowest BCUT2D eigenvalue weighted by molar-refractivity contribution is -0.150. The summed E-state index contributed by atoms with van der Waals surface area (Å²) >= 11 is 1.10. The molecule has 0 unspecified atom stereocenters. The molecule has 1 aromatic carbocycles. The molecule has 0 saturated heterocycles. The maximum atomic E-state index is 13.1. The van der Waals surface area contributed by atoms with Gasteiger partial charge < -0.3 is 4.84 Å². The normalized spacial score (nSPS) is 10.2. The van der Waals surface area contributed by atoms with Crippen LogP contribution in [0.3, 0.4) is 0 Å². The molecule has 0 amide bonds. The van der Waals surface area contributed by atoms with Crippen molar-refractivity contribution in [3.05, 3.63) is 29.8 Å². The van der Waals surface area contributed by atoms with Gasteiger partial charge in [-0.2, -0.15) is 0 Å². The van der Waals surface area contributed by atoms with E-state index in [1.165, 1.54) is 6.07 Å². The first kappa shape index (κ1) is 12.9. The largest absolute Gasteiger partial charge is 0.356 e. The highest BCUT2D eigenvalue weighted by atomic mass is 32.2. The van der Waals surface area contributed by atoms with Gasteiger partial charge in [-0.15, -0.1) is 11.8 Å². The minimum Gasteiger partial charge on any atom is -0.356 e. The predicted molar refractivity (Wildman–Crippen MR) is 55.1 cm³/mol. The van der Waals surface area contributed by atoms with Gasteiger partial charge in [-0.1, -0.05) is 5.59 Å². The molecule has 0 aliphatic heterocycles. The Morgan fingerprint density at radius 1 is 1.50 bits per heavy atom. The van der Waals surface area contributed by atoms with Crippen LogP contribution < -0.4 is 11.4 Å². The summed E-state index contributed by atoms with van der Waals surface area (Å²) in [6.45, 7) is 0. The molecule has 0 aliphatic rings. The third-order valence-corrected chi connectivity index (χ3v) is 2.68. The van der Waals surface area contributed by atoms with Crippen LogP contribution in [-0.2, 0) is 9.63 Å². The van der Waals surface area contributed by atoms with Crippen molar-refractivity contribution in [2.75, 3.05) is 5.75 Å². The Hall–Kier alpha value is -1.18. The van der Waals surface area contributed by atoms with Crippen molar-refractivity contribution in [2.45, 2.75) is 11.3 Å². The molecular formula is C9H10F2N2O2S. The second kappa shape index (κ2) is 6.41. The van der Waals surface area contributed by atoms with E-state index in [4.69, 9.17) is 5.84 Å². The number of nitrogens with one attached hydrogen (secondary N) is 1. The van der Waals surface area contributed by atoms with Crippen LogP contribution in [0.4, 0.5) is 8.78 Å². The molecular weight excluding hydrogens is 238 g/mol. The van der Waals surface area contributed by atoms with Crippen LogP contribution >= 0.6 is 11.8 Å². The van der Waals surface area contributed by atoms with E-state index in [1.807, 2.05) is 0 Å². The summed E-state index contributed by atoms with van der Waals surface area (Å²) in [7, 11) is 0. The van der Waals surface area contributed by atoms with Crippen molar-refractivity contribution in [1.82, 2.24) is 5.59 Å². The van der Waals surface area contributed by atoms with Gasteiger partial charge in [-0.25, -0.2) is 14.6 Å². The molecule has 0 heterocycles. The smallest absolute Gasteiger partial charge is 0.327 e. The molecule has 7 heteroatoms. The first-order valence-corrected chi connectivity index (χ1v) is 5.35. The number of hydrazine groups is 1. The maximum Gasteiger partial charge on any atom is 0.327 e. The number of benzene rings is 1. The first-order valence-electron chi connectivity index (χ1n) is 4.36. The second-order valence-corrected chi connectivity index (χ2v) is 3.90. The predicted octanol–water partition coefficient (Wildman–Crippen LogP) is 1.37. The van der Waals surface area contributed by atoms with Gasteiger partial charge in [0.15, 0.2) is 0 Å². The molecule has 0 bridgehead atoms. The van der Waals surface area contributed by atoms with E-state index in [2.05, 4.69) is 4.84 Å². The van der Waals surface area contributed by atoms with Crippen molar-refractivity contribution in [2.24, 2.45) is 5.84 Å². The zero-order chi connectivity index (χ0) is 12.0. The summed E-state index contributed by atoms with van der Waals surface area (Å²) in [5.74, 6) is 3.26. The van der Waals surface area contributed by atoms with E-state index in [0.29, 0.717) is 5.75 Å². The number of carbonyl (C=O) groups is 1. The first-order chi connectivity index (χ1) is 7.63. The summed E-state index contributed by atoms with van der Waals surface area (Å²) in [5.41, 5.74) is 1.75. The highest BCUT2D eigenvalue weighted by Gasteiger charge is 2.06. The average molecular weight is 248 g/mol. The van der Waals surface area contributed by atoms with Gasteiger partial charge in [0.05, 0.1) is 6.42 Å². The molecule has 1 aromatic rings. The van der Waals surface area contributed by atoms with Gasteiger partial charge in [0.1, 0.15) is 11.6 Å². The Labute approximate surface area is 95.1 Å². The van der Waals surface area contributed by atoms with E-state index < -0.39 is 17.6 Å². The molecule has 0 aromatic heterocycles. The van der Waals surface area contributed by atoms with Crippen LogP contribution in [0.15, 0.2) is 23.1 Å². The quantitative estimate of drug-likeness (QED) is 0.468. The van der Waals surface area contributed by atoms with Gasteiger partial charge >= 0.3 is 5.97 Å². The van der Waals surface area contributed by atoms with Gasteiger partial charge in [-0.3, -0.25) is 4.79 Å². The molecule has 1 rings (SSSR count). The lowest BCUT2D eigenvalue weighted by atomic mass is 10.3. The molecule has 0 atom stereocenters. The van der Waals surface area contributed by atoms with E-state index in [1.54, 1.807) is 5.59 Å². The Morgan fingerprint density at radius 2 is 2.25 bits per heavy atom. The van der Waals surface area contributed by atoms with E-state index in [-0.39, 0.29) is 11.3 Å². The van der Waals surface area contributed by atoms with Crippen molar-refractivity contribution in [3.63, 3.8) is 0 Å². The number of rotatable bonds is 5. The fourth-order valence-corrected chi connectivity index (χ4v) is 1.80. The molecule has 0 aliphatic carbocycles. The van der Waals surface area contributed by atoms with Crippen LogP contribution in [-0.4, -0.2) is 11.7 Å². The summed E-state index contributed by atoms with van der Waals surface area (Å²) in [6.07, 6.45) is 0.0751. The summed E-state index contributed by atoms with van der Waals surface area (Å²) in [6, 6.07) is 3.27. The summed E-state index contributed by atoms with van der Waals surface area (Å²) in [5, 5.41) is 0. The van der Waals surface area contributed by atoms with Crippen LogP contribution in [0.1, 0.15) is 6.42 Å². The Balaban J connectivity index is 2.40. The van der Waals surface area contributed by atoms with Crippen molar-refractivity contribution in [1.29, 1.82) is 0 Å². The van der Waals surface area contributed by atoms with E-state index >= 15 is 0 Å². The zero-order valence-electron chi connectivity index (χ0n) is 8.20. The highest BCUT2D eigenvalue weighted by molar-refractivity contribution is 7.99. The highest BCUT2D eigenvalue weighted by Crippen LogP contribution is 2.22. The molecule has 88 valence electrons. The van der Waals surface area contributed by atoms with E-state index in [0.717, 1.165) is 23.9 Å². The number of carbonyl (C=O) groups excluding carboxylic acids is 1. The average Bonchev–Trinajstić information content (AvgIpc) is 2.22. The third kappa shape index (κ3) is 4.13. The fourth-order valence-electron chi connectivity index (χ4n) is 0.953. The molecule has 0 spiro atoms. The maximum absolute atomic E-state index is 13.1. The van der Waals surface area contributed by atoms with Crippen LogP contribution in [0.2, 0.25) is 0 Å². The lowest BCUT2D eigenvalue weighted by Crippen LogP contribution is -2.26. The minimum atomic E-state index is -0.643. The van der Waals surface area contributed by atoms with Crippen molar-refractivity contribution < 1.29 is 18.4 Å². The number of nitrogens with two attached hydrogens (primary N) is 1. The Kier molecular flexibility index (Phi) is 5.17. The third-order valence-electron chi connectivity index (χ3n) is 1.63. The topological polar surface area (TPSA) is 64.3 Å². The van der Waals surface area contributed by atoms with Crippen LogP contribution in [0.25, 0.3) is 0 Å². The minimum absolute atomic E-state index is 0.0751. The molecule has 0 fully saturated rings. The number of hydrogen-bond acceptors (Lipinski definition) is 5. The fraction of sp³-hybridized carbons (Fsp3) is 0.222. The van der Waals surface area contributed by atoms with Crippen LogP contribution in [0.5, 0.6) is 0 Å². The molecule has 16 heavy (non-hydrogen) atoms. The van der Waals surface area contributed by atoms with Crippen LogP contribution in [0, 0.1) is 11.6 Å². The van der Waals surface area contributed by atoms with E-state index in [9.17, 15) is 13.6 Å². The van der Waals surface area contributed by atoms with Crippen molar-refractivity contribution in [3.8, 4) is 0 Å². The molecule has 0 saturated carbocycles. The monoisotopic (exact) mass is 248 g/mol. The van der Waals surface area contributed by atoms with Crippen molar-refractivity contribution >= 4 is 17.7 Å². The SMILES string of the molecule is NNOC(=O)CCSc1ccc(F)cc1F. The molecule has 3 N–H and O–H groups in total. The summed E-state index contributed by atoms with van der Waals surface area (Å²) in [4.78, 5) is 15.4. The number of halogens is 2. The van der Waals surface area contributed by atoms with Gasteiger partial charge in [0, 0.05) is 16.7 Å². The lowest BCUT2D eigenvalue weighted by Gasteiger charge is -2.03. The second-order valence-electron chi connectivity index (χ2n) is 2.77. The standard InChI is InChI=1S/C9H10F2N2O2S/c10-6-1-2-8(7(11)5-6)16-4-3-9(14)15-13-12/h1-2,5,13H,3-4,12H2. The number of hydrogen-bond donors (Lipinski definition) is 2. The van der Waals surface area contributed by atoms with Gasteiger partial charge in [0.25, 0.3) is 0 Å². The molecule has 0 radical (unpaired) electrons.